The molecule has 1 amide bonds. The molecule has 0 aliphatic carbocycles. The molecule has 1 N–H and O–H groups in total. The Hall–Kier alpha value is -1.83. The smallest absolute Gasteiger partial charge is 0.242 e. The minimum Gasteiger partial charge on any atom is -0.325 e. The highest BCUT2D eigenvalue weighted by Crippen LogP contribution is 2.24. The summed E-state index contributed by atoms with van der Waals surface area (Å²) in [6.07, 6.45) is 2.85. The first-order chi connectivity index (χ1) is 11.8. The number of rotatable bonds is 7. The zero-order chi connectivity index (χ0) is 18.4. The van der Waals surface area contributed by atoms with Crippen molar-refractivity contribution < 1.29 is 13.2 Å². The lowest BCUT2D eigenvalue weighted by Gasteiger charge is -2.12. The molecule has 0 atom stereocenters. The van der Waals surface area contributed by atoms with E-state index >= 15 is 0 Å². The molecule has 2 aromatic carbocycles. The van der Waals surface area contributed by atoms with Gasteiger partial charge in [0.25, 0.3) is 0 Å². The molecule has 2 aromatic rings. The summed E-state index contributed by atoms with van der Waals surface area (Å²) in [4.78, 5) is 13.4. The summed E-state index contributed by atoms with van der Waals surface area (Å²) in [6, 6.07) is 14.3. The van der Waals surface area contributed by atoms with Crippen molar-refractivity contribution in [1.82, 2.24) is 4.31 Å². The number of thioether (sulfide) groups is 1. The molecule has 0 aliphatic rings. The Labute approximate surface area is 153 Å². The molecule has 0 saturated heterocycles. The van der Waals surface area contributed by atoms with Crippen molar-refractivity contribution in [3.8, 4) is 0 Å². The molecule has 0 fully saturated rings. The summed E-state index contributed by atoms with van der Waals surface area (Å²) >= 11 is 1.58. The van der Waals surface area contributed by atoms with Crippen LogP contribution in [0, 0.1) is 0 Å². The van der Waals surface area contributed by atoms with Crippen LogP contribution in [0.4, 0.5) is 5.69 Å². The van der Waals surface area contributed by atoms with E-state index in [1.165, 1.54) is 18.4 Å². The lowest BCUT2D eigenvalue weighted by Crippen LogP contribution is -2.22. The zero-order valence-electron chi connectivity index (χ0n) is 14.5. The van der Waals surface area contributed by atoms with Crippen LogP contribution < -0.4 is 5.32 Å². The third-order valence-corrected chi connectivity index (χ3v) is 6.35. The monoisotopic (exact) mass is 378 g/mol. The highest BCUT2D eigenvalue weighted by molar-refractivity contribution is 7.98. The van der Waals surface area contributed by atoms with E-state index in [1.807, 2.05) is 30.5 Å². The SMILES string of the molecule is CSc1ccccc1NC(=O)CCc1ccc(S(=O)(=O)N(C)C)cc1. The summed E-state index contributed by atoms with van der Waals surface area (Å²) in [5.41, 5.74) is 1.73. The van der Waals surface area contributed by atoms with Crippen LogP contribution >= 0.6 is 11.8 Å². The van der Waals surface area contributed by atoms with Gasteiger partial charge in [0.05, 0.1) is 10.6 Å². The van der Waals surface area contributed by atoms with Crippen molar-refractivity contribution in [3.63, 3.8) is 0 Å². The molecule has 0 spiro atoms. The minimum atomic E-state index is -3.42. The Bertz CT molecular complexity index is 832. The standard InChI is InChI=1S/C18H22N2O3S2/c1-20(2)25(22,23)15-11-8-14(9-12-15)10-13-18(21)19-16-6-4-5-7-17(16)24-3/h4-9,11-12H,10,13H2,1-3H3,(H,19,21). The number of aryl methyl sites for hydroxylation is 1. The van der Waals surface area contributed by atoms with Crippen molar-refractivity contribution in [2.75, 3.05) is 25.7 Å². The molecule has 2 rings (SSSR count). The average molecular weight is 379 g/mol. The summed E-state index contributed by atoms with van der Waals surface area (Å²) in [5, 5.41) is 2.92. The number of amides is 1. The zero-order valence-corrected chi connectivity index (χ0v) is 16.2. The summed E-state index contributed by atoms with van der Waals surface area (Å²) in [6.45, 7) is 0. The van der Waals surface area contributed by atoms with Crippen LogP contribution in [0.3, 0.4) is 0 Å². The van der Waals surface area contributed by atoms with E-state index in [-0.39, 0.29) is 10.8 Å². The molecule has 0 aromatic heterocycles. The first-order valence-electron chi connectivity index (χ1n) is 7.79. The van der Waals surface area contributed by atoms with Crippen molar-refractivity contribution in [1.29, 1.82) is 0 Å². The minimum absolute atomic E-state index is 0.0634. The fourth-order valence-electron chi connectivity index (χ4n) is 2.26. The number of carbonyl (C=O) groups is 1. The van der Waals surface area contributed by atoms with Crippen molar-refractivity contribution in [2.24, 2.45) is 0 Å². The summed E-state index contributed by atoms with van der Waals surface area (Å²) < 4.78 is 25.2. The maximum atomic E-state index is 12.1. The largest absolute Gasteiger partial charge is 0.325 e. The number of carbonyl (C=O) groups excluding carboxylic acids is 1. The second kappa shape index (κ2) is 8.51. The maximum absolute atomic E-state index is 12.1. The molecule has 5 nitrogen and oxygen atoms in total. The first kappa shape index (κ1) is 19.5. The quantitative estimate of drug-likeness (QED) is 0.751. The van der Waals surface area contributed by atoms with Gasteiger partial charge in [-0.25, -0.2) is 12.7 Å². The number of para-hydroxylation sites is 1. The van der Waals surface area contributed by atoms with Crippen LogP contribution in [0.25, 0.3) is 0 Å². The lowest BCUT2D eigenvalue weighted by atomic mass is 10.1. The number of anilines is 1. The number of nitrogens with one attached hydrogen (secondary N) is 1. The number of hydrogen-bond acceptors (Lipinski definition) is 4. The van der Waals surface area contributed by atoms with Gasteiger partial charge in [-0.15, -0.1) is 11.8 Å². The lowest BCUT2D eigenvalue weighted by molar-refractivity contribution is -0.116. The fourth-order valence-corrected chi connectivity index (χ4v) is 3.71. The van der Waals surface area contributed by atoms with Crippen LogP contribution in [0.1, 0.15) is 12.0 Å². The van der Waals surface area contributed by atoms with E-state index in [4.69, 9.17) is 0 Å². The topological polar surface area (TPSA) is 66.5 Å². The predicted octanol–water partition coefficient (Wildman–Crippen LogP) is 3.23. The highest BCUT2D eigenvalue weighted by Gasteiger charge is 2.16. The Morgan fingerprint density at radius 3 is 2.32 bits per heavy atom. The number of nitrogens with zero attached hydrogens (tertiary/aromatic N) is 1. The van der Waals surface area contributed by atoms with Gasteiger partial charge >= 0.3 is 0 Å². The second-order valence-electron chi connectivity index (χ2n) is 5.68. The number of hydrogen-bond donors (Lipinski definition) is 1. The molecule has 0 bridgehead atoms. The third kappa shape index (κ3) is 5.07. The van der Waals surface area contributed by atoms with Gasteiger partial charge in [0.1, 0.15) is 0 Å². The number of benzene rings is 2. The van der Waals surface area contributed by atoms with Gasteiger partial charge in [-0.3, -0.25) is 4.79 Å². The molecular weight excluding hydrogens is 356 g/mol. The van der Waals surface area contributed by atoms with E-state index in [2.05, 4.69) is 5.32 Å². The Balaban J connectivity index is 1.96. The summed E-state index contributed by atoms with van der Waals surface area (Å²) in [5.74, 6) is -0.0634. The first-order valence-corrected chi connectivity index (χ1v) is 10.5. The Kier molecular flexibility index (Phi) is 6.64. The molecule has 0 unspecified atom stereocenters. The molecular formula is C18H22N2O3S2. The molecule has 7 heteroatoms. The Morgan fingerprint density at radius 1 is 1.08 bits per heavy atom. The fraction of sp³-hybridized carbons (Fsp3) is 0.278. The molecule has 0 saturated carbocycles. The van der Waals surface area contributed by atoms with E-state index in [0.29, 0.717) is 12.8 Å². The third-order valence-electron chi connectivity index (χ3n) is 3.72. The molecule has 0 aliphatic heterocycles. The van der Waals surface area contributed by atoms with Crippen molar-refractivity contribution >= 4 is 33.4 Å². The number of sulfonamides is 1. The Morgan fingerprint density at radius 2 is 1.72 bits per heavy atom. The van der Waals surface area contributed by atoms with E-state index in [9.17, 15) is 13.2 Å². The average Bonchev–Trinajstić information content (AvgIpc) is 2.60. The van der Waals surface area contributed by atoms with Crippen LogP contribution in [0.2, 0.25) is 0 Å². The van der Waals surface area contributed by atoms with Crippen LogP contribution in [0.5, 0.6) is 0 Å². The van der Waals surface area contributed by atoms with Gasteiger partial charge in [0.15, 0.2) is 0 Å². The van der Waals surface area contributed by atoms with E-state index in [1.54, 1.807) is 36.0 Å². The van der Waals surface area contributed by atoms with Gasteiger partial charge in [0.2, 0.25) is 15.9 Å². The van der Waals surface area contributed by atoms with E-state index in [0.717, 1.165) is 16.1 Å². The van der Waals surface area contributed by atoms with Crippen molar-refractivity contribution in [2.45, 2.75) is 22.6 Å². The van der Waals surface area contributed by atoms with E-state index < -0.39 is 10.0 Å². The van der Waals surface area contributed by atoms with Crippen molar-refractivity contribution in [3.05, 3.63) is 54.1 Å². The van der Waals surface area contributed by atoms with Gasteiger partial charge in [-0.2, -0.15) is 0 Å². The molecule has 0 radical (unpaired) electrons. The molecule has 25 heavy (non-hydrogen) atoms. The normalized spacial score (nSPS) is 11.5. The molecule has 134 valence electrons. The van der Waals surface area contributed by atoms with Gasteiger partial charge in [-0.05, 0) is 42.5 Å². The van der Waals surface area contributed by atoms with Crippen LogP contribution in [-0.2, 0) is 21.2 Å². The van der Waals surface area contributed by atoms with Crippen LogP contribution in [-0.4, -0.2) is 39.0 Å². The van der Waals surface area contributed by atoms with Gasteiger partial charge in [0, 0.05) is 25.4 Å². The maximum Gasteiger partial charge on any atom is 0.242 e. The van der Waals surface area contributed by atoms with Gasteiger partial charge in [-0.1, -0.05) is 24.3 Å². The predicted molar refractivity (Wildman–Crippen MR) is 102 cm³/mol. The highest BCUT2D eigenvalue weighted by atomic mass is 32.2. The van der Waals surface area contributed by atoms with Crippen LogP contribution in [0.15, 0.2) is 58.3 Å². The second-order valence-corrected chi connectivity index (χ2v) is 8.68. The summed E-state index contributed by atoms with van der Waals surface area (Å²) in [7, 11) is -0.422. The molecule has 0 heterocycles. The van der Waals surface area contributed by atoms with Gasteiger partial charge < -0.3 is 5.32 Å².